The second kappa shape index (κ2) is 4.95. The molecule has 0 amide bonds. The van der Waals surface area contributed by atoms with Crippen LogP contribution in [0.3, 0.4) is 0 Å². The van der Waals surface area contributed by atoms with Crippen molar-refractivity contribution in [3.8, 4) is 0 Å². The Hall–Kier alpha value is -0.600. The molecule has 8 heteroatoms. The maximum Gasteiger partial charge on any atom is 0.413 e. The Morgan fingerprint density at radius 2 is 1.94 bits per heavy atom. The van der Waals surface area contributed by atoms with Crippen molar-refractivity contribution in [3.05, 3.63) is 28.2 Å². The van der Waals surface area contributed by atoms with Gasteiger partial charge >= 0.3 is 6.18 Å². The second-order valence-corrected chi connectivity index (χ2v) is 5.70. The first-order chi connectivity index (χ1) is 7.62. The van der Waals surface area contributed by atoms with Gasteiger partial charge in [-0.15, -0.1) is 0 Å². The van der Waals surface area contributed by atoms with E-state index in [0.29, 0.717) is 0 Å². The molecule has 0 N–H and O–H groups in total. The summed E-state index contributed by atoms with van der Waals surface area (Å²) in [7, 11) is -4.41. The Bertz CT molecular complexity index is 511. The van der Waals surface area contributed by atoms with Crippen LogP contribution in [-0.4, -0.2) is 21.2 Å². The molecule has 17 heavy (non-hydrogen) atoms. The number of hydrogen-bond donors (Lipinski definition) is 0. The van der Waals surface area contributed by atoms with Crippen LogP contribution in [0.25, 0.3) is 0 Å². The number of aryl methyl sites for hydroxylation is 1. The average Bonchev–Trinajstić information content (AvgIpc) is 2.13. The van der Waals surface area contributed by atoms with E-state index in [4.69, 9.17) is 0 Å². The van der Waals surface area contributed by atoms with Crippen molar-refractivity contribution in [3.63, 3.8) is 0 Å². The molecule has 1 rings (SSSR count). The highest BCUT2D eigenvalue weighted by molar-refractivity contribution is 9.10. The minimum Gasteiger partial charge on any atom is -0.257 e. The highest BCUT2D eigenvalue weighted by Crippen LogP contribution is 2.26. The summed E-state index contributed by atoms with van der Waals surface area (Å²) in [5.74, 6) is 0. The number of halogens is 4. The van der Waals surface area contributed by atoms with E-state index in [1.54, 1.807) is 6.92 Å². The van der Waals surface area contributed by atoms with Crippen LogP contribution in [0.4, 0.5) is 13.2 Å². The van der Waals surface area contributed by atoms with Crippen LogP contribution in [0.2, 0.25) is 0 Å². The van der Waals surface area contributed by atoms with Crippen LogP contribution in [0.1, 0.15) is 5.56 Å². The molecule has 0 radical (unpaired) electrons. The van der Waals surface area contributed by atoms with E-state index in [2.05, 4.69) is 20.1 Å². The van der Waals surface area contributed by atoms with E-state index in [1.165, 1.54) is 18.2 Å². The molecule has 0 spiro atoms. The lowest BCUT2D eigenvalue weighted by Crippen LogP contribution is -2.20. The molecule has 0 atom stereocenters. The first-order valence-corrected chi connectivity index (χ1v) is 6.54. The van der Waals surface area contributed by atoms with Crippen LogP contribution >= 0.6 is 15.9 Å². The van der Waals surface area contributed by atoms with Gasteiger partial charge in [-0.2, -0.15) is 21.6 Å². The molecule has 1 aromatic carbocycles. The third kappa shape index (κ3) is 4.29. The van der Waals surface area contributed by atoms with Crippen LogP contribution < -0.4 is 0 Å². The third-order valence-electron chi connectivity index (χ3n) is 1.73. The number of hydrogen-bond acceptors (Lipinski definition) is 3. The zero-order valence-electron chi connectivity index (χ0n) is 8.58. The summed E-state index contributed by atoms with van der Waals surface area (Å²) in [6, 6.07) is 4.13. The summed E-state index contributed by atoms with van der Waals surface area (Å²) in [4.78, 5) is -0.327. The van der Waals surface area contributed by atoms with Crippen LogP contribution in [-0.2, 0) is 14.3 Å². The van der Waals surface area contributed by atoms with Crippen molar-refractivity contribution in [1.82, 2.24) is 0 Å². The lowest BCUT2D eigenvalue weighted by molar-refractivity contribution is -0.152. The standard InChI is InChI=1S/C9H8BrF3O3S/c1-6-2-3-8(7(10)4-6)17(14,15)16-5-9(11,12)13/h2-4H,5H2,1H3. The maximum absolute atomic E-state index is 11.9. The molecule has 3 nitrogen and oxygen atoms in total. The van der Waals surface area contributed by atoms with Crippen LogP contribution in [0.5, 0.6) is 0 Å². The van der Waals surface area contributed by atoms with Gasteiger partial charge < -0.3 is 0 Å². The van der Waals surface area contributed by atoms with E-state index in [1.807, 2.05) is 0 Å². The normalized spacial score (nSPS) is 12.8. The fourth-order valence-electron chi connectivity index (χ4n) is 1.02. The Balaban J connectivity index is 2.98. The van der Waals surface area contributed by atoms with Gasteiger partial charge in [0.15, 0.2) is 6.61 Å². The lowest BCUT2D eigenvalue weighted by atomic mass is 10.2. The summed E-state index contributed by atoms with van der Waals surface area (Å²) < 4.78 is 62.6. The fourth-order valence-corrected chi connectivity index (χ4v) is 3.05. The second-order valence-electron chi connectivity index (χ2n) is 3.27. The predicted octanol–water partition coefficient (Wildman–Crippen LogP) is 3.03. The van der Waals surface area contributed by atoms with Crippen molar-refractivity contribution < 1.29 is 25.8 Å². The first-order valence-electron chi connectivity index (χ1n) is 4.34. The summed E-state index contributed by atoms with van der Waals surface area (Å²) in [6.07, 6.45) is -4.69. The summed E-state index contributed by atoms with van der Waals surface area (Å²) in [6.45, 7) is -0.118. The molecular weight excluding hydrogens is 325 g/mol. The Labute approximate surface area is 105 Å². The van der Waals surface area contributed by atoms with Crippen LogP contribution in [0, 0.1) is 6.92 Å². The van der Waals surface area contributed by atoms with E-state index in [0.717, 1.165) is 5.56 Å². The minimum atomic E-state index is -4.69. The van der Waals surface area contributed by atoms with Crippen molar-refractivity contribution in [2.45, 2.75) is 18.0 Å². The summed E-state index contributed by atoms with van der Waals surface area (Å²) >= 11 is 2.96. The van der Waals surface area contributed by atoms with Gasteiger partial charge in [-0.05, 0) is 40.5 Å². The van der Waals surface area contributed by atoms with Crippen molar-refractivity contribution in [1.29, 1.82) is 0 Å². The van der Waals surface area contributed by atoms with Gasteiger partial charge in [0.1, 0.15) is 4.90 Å². The quantitative estimate of drug-likeness (QED) is 0.799. The van der Waals surface area contributed by atoms with E-state index >= 15 is 0 Å². The Morgan fingerprint density at radius 1 is 1.35 bits per heavy atom. The van der Waals surface area contributed by atoms with Gasteiger partial charge in [0.05, 0.1) is 0 Å². The molecule has 1 aromatic rings. The van der Waals surface area contributed by atoms with Crippen LogP contribution in [0.15, 0.2) is 27.6 Å². The number of rotatable bonds is 3. The highest BCUT2D eigenvalue weighted by Gasteiger charge is 2.32. The molecule has 0 saturated heterocycles. The summed E-state index contributed by atoms with van der Waals surface area (Å²) in [5.41, 5.74) is 0.770. The van der Waals surface area contributed by atoms with E-state index < -0.39 is 22.9 Å². The van der Waals surface area contributed by atoms with Crippen molar-refractivity contribution in [2.75, 3.05) is 6.61 Å². The Morgan fingerprint density at radius 3 is 2.41 bits per heavy atom. The van der Waals surface area contributed by atoms with Gasteiger partial charge in [-0.3, -0.25) is 4.18 Å². The average molecular weight is 333 g/mol. The predicted molar refractivity (Wildman–Crippen MR) is 58.1 cm³/mol. The number of benzene rings is 1. The topological polar surface area (TPSA) is 43.4 Å². The molecule has 0 saturated carbocycles. The molecular formula is C9H8BrF3O3S. The largest absolute Gasteiger partial charge is 0.413 e. The molecule has 0 heterocycles. The van der Waals surface area contributed by atoms with Gasteiger partial charge in [0, 0.05) is 4.47 Å². The smallest absolute Gasteiger partial charge is 0.257 e. The van der Waals surface area contributed by atoms with Gasteiger partial charge in [-0.25, -0.2) is 0 Å². The van der Waals surface area contributed by atoms with E-state index in [9.17, 15) is 21.6 Å². The van der Waals surface area contributed by atoms with E-state index in [-0.39, 0.29) is 9.37 Å². The first kappa shape index (κ1) is 14.5. The summed E-state index contributed by atoms with van der Waals surface area (Å²) in [5, 5.41) is 0. The Kier molecular flexibility index (Phi) is 4.21. The molecule has 0 aliphatic heterocycles. The third-order valence-corrected chi connectivity index (χ3v) is 3.98. The molecule has 0 bridgehead atoms. The van der Waals surface area contributed by atoms with Crippen molar-refractivity contribution in [2.24, 2.45) is 0 Å². The van der Waals surface area contributed by atoms with Gasteiger partial charge in [0.2, 0.25) is 0 Å². The maximum atomic E-state index is 11.9. The molecule has 0 aliphatic carbocycles. The fraction of sp³-hybridized carbons (Fsp3) is 0.333. The molecule has 0 fully saturated rings. The molecule has 0 aliphatic rings. The SMILES string of the molecule is Cc1ccc(S(=O)(=O)OCC(F)(F)F)c(Br)c1. The molecule has 0 aromatic heterocycles. The zero-order valence-corrected chi connectivity index (χ0v) is 11.0. The van der Waals surface area contributed by atoms with Crippen molar-refractivity contribution >= 4 is 26.0 Å². The zero-order chi connectivity index (χ0) is 13.3. The highest BCUT2D eigenvalue weighted by atomic mass is 79.9. The van der Waals surface area contributed by atoms with Gasteiger partial charge in [-0.1, -0.05) is 6.07 Å². The molecule has 96 valence electrons. The number of alkyl halides is 3. The lowest BCUT2D eigenvalue weighted by Gasteiger charge is -2.09. The monoisotopic (exact) mass is 332 g/mol. The van der Waals surface area contributed by atoms with Gasteiger partial charge in [0.25, 0.3) is 10.1 Å². The molecule has 0 unspecified atom stereocenters. The minimum absolute atomic E-state index is 0.166.